The molecule has 5 N–H and O–H groups in total. The topological polar surface area (TPSA) is 130 Å². The third kappa shape index (κ3) is 5.59. The fourth-order valence-corrected chi connectivity index (χ4v) is 1.10. The Morgan fingerprint density at radius 1 is 1.18 bits per heavy atom. The van der Waals surface area contributed by atoms with Gasteiger partial charge in [-0.15, -0.1) is 0 Å². The number of nitrogens with one attached hydrogen (secondary N) is 1. The Hall–Kier alpha value is -1.22. The highest BCUT2D eigenvalue weighted by Gasteiger charge is 2.27. The van der Waals surface area contributed by atoms with Gasteiger partial charge in [-0.3, -0.25) is 20.0 Å². The fourth-order valence-electron chi connectivity index (χ4n) is 1.10. The third-order valence-corrected chi connectivity index (χ3v) is 2.02. The molecule has 0 saturated carbocycles. The molecule has 8 heteroatoms. The van der Waals surface area contributed by atoms with Crippen LogP contribution in [-0.4, -0.2) is 68.7 Å². The molecule has 0 heterocycles. The minimum atomic E-state index is -1.62. The van der Waals surface area contributed by atoms with E-state index in [0.29, 0.717) is 0 Å². The SMILES string of the molecule is CC(=O)NN(C[C@H](O)[C@@H](O)[C@H](O)CO)C(C)=O. The lowest BCUT2D eigenvalue weighted by Crippen LogP contribution is -2.52. The molecule has 0 aliphatic rings. The number of carbonyl (C=O) groups excluding carboxylic acids is 2. The quantitative estimate of drug-likeness (QED) is 0.330. The predicted octanol–water partition coefficient (Wildman–Crippen LogP) is -3.04. The van der Waals surface area contributed by atoms with Crippen molar-refractivity contribution in [3.63, 3.8) is 0 Å². The number of hydrazine groups is 1. The van der Waals surface area contributed by atoms with Gasteiger partial charge in [0.1, 0.15) is 18.3 Å². The van der Waals surface area contributed by atoms with E-state index in [1.54, 1.807) is 0 Å². The number of carbonyl (C=O) groups is 2. The standard InChI is InChI=1S/C9H18N2O6/c1-5(13)10-11(6(2)14)3-7(15)9(17)8(16)4-12/h7-9,12,15-17H,3-4H2,1-2H3,(H,10,13)/t7-,8+,9+/m0/s1. The van der Waals surface area contributed by atoms with Gasteiger partial charge in [0.25, 0.3) is 0 Å². The first kappa shape index (κ1) is 15.8. The van der Waals surface area contributed by atoms with Crippen LogP contribution in [0.2, 0.25) is 0 Å². The van der Waals surface area contributed by atoms with Gasteiger partial charge in [-0.2, -0.15) is 0 Å². The molecule has 0 rings (SSSR count). The summed E-state index contributed by atoms with van der Waals surface area (Å²) in [6.45, 7) is 1.23. The van der Waals surface area contributed by atoms with E-state index < -0.39 is 43.3 Å². The number of nitrogens with zero attached hydrogens (tertiary/aromatic N) is 1. The maximum atomic E-state index is 11.1. The van der Waals surface area contributed by atoms with Crippen molar-refractivity contribution in [3.8, 4) is 0 Å². The Balaban J connectivity index is 4.44. The van der Waals surface area contributed by atoms with Gasteiger partial charge in [0, 0.05) is 13.8 Å². The molecule has 0 spiro atoms. The van der Waals surface area contributed by atoms with Crippen LogP contribution in [0.25, 0.3) is 0 Å². The molecule has 17 heavy (non-hydrogen) atoms. The van der Waals surface area contributed by atoms with Crippen LogP contribution < -0.4 is 5.43 Å². The average molecular weight is 250 g/mol. The number of amides is 2. The van der Waals surface area contributed by atoms with Gasteiger partial charge >= 0.3 is 0 Å². The third-order valence-electron chi connectivity index (χ3n) is 2.02. The molecule has 0 aliphatic heterocycles. The van der Waals surface area contributed by atoms with E-state index in [4.69, 9.17) is 10.2 Å². The predicted molar refractivity (Wildman–Crippen MR) is 56.3 cm³/mol. The zero-order chi connectivity index (χ0) is 13.6. The van der Waals surface area contributed by atoms with Crippen LogP contribution in [0.4, 0.5) is 0 Å². The molecule has 0 aliphatic carbocycles. The first-order chi connectivity index (χ1) is 7.79. The number of hydrogen-bond donors (Lipinski definition) is 5. The van der Waals surface area contributed by atoms with Crippen LogP contribution in [0.15, 0.2) is 0 Å². The molecule has 0 unspecified atom stereocenters. The highest BCUT2D eigenvalue weighted by Crippen LogP contribution is 2.02. The van der Waals surface area contributed by atoms with Crippen LogP contribution in [0.1, 0.15) is 13.8 Å². The largest absolute Gasteiger partial charge is 0.394 e. The van der Waals surface area contributed by atoms with Gasteiger partial charge in [-0.05, 0) is 0 Å². The molecule has 0 fully saturated rings. The first-order valence-electron chi connectivity index (χ1n) is 5.00. The Labute approximate surface area is 98.4 Å². The fraction of sp³-hybridized carbons (Fsp3) is 0.778. The monoisotopic (exact) mass is 250 g/mol. The molecule has 0 bridgehead atoms. The molecule has 0 radical (unpaired) electrons. The van der Waals surface area contributed by atoms with Crippen molar-refractivity contribution < 1.29 is 30.0 Å². The molecule has 0 saturated heterocycles. The highest BCUT2D eigenvalue weighted by atomic mass is 16.4. The number of aliphatic hydroxyl groups is 4. The Bertz CT molecular complexity index is 272. The molecule has 0 aromatic heterocycles. The molecular formula is C9H18N2O6. The lowest BCUT2D eigenvalue weighted by molar-refractivity contribution is -0.144. The first-order valence-corrected chi connectivity index (χ1v) is 5.00. The Morgan fingerprint density at radius 2 is 1.71 bits per heavy atom. The summed E-state index contributed by atoms with van der Waals surface area (Å²) < 4.78 is 0. The summed E-state index contributed by atoms with van der Waals surface area (Å²) in [5, 5.41) is 37.3. The molecule has 3 atom stereocenters. The van der Waals surface area contributed by atoms with E-state index in [0.717, 1.165) is 11.9 Å². The summed E-state index contributed by atoms with van der Waals surface area (Å²) in [5.74, 6) is -1.05. The van der Waals surface area contributed by atoms with E-state index in [1.807, 2.05) is 0 Å². The zero-order valence-corrected chi connectivity index (χ0v) is 9.70. The second kappa shape index (κ2) is 7.17. The normalized spacial score (nSPS) is 15.9. The summed E-state index contributed by atoms with van der Waals surface area (Å²) in [4.78, 5) is 21.8. The average Bonchev–Trinajstić information content (AvgIpc) is 2.25. The van der Waals surface area contributed by atoms with E-state index >= 15 is 0 Å². The molecule has 0 aromatic carbocycles. The Kier molecular flexibility index (Phi) is 6.66. The number of aliphatic hydroxyl groups excluding tert-OH is 4. The molecule has 8 nitrogen and oxygen atoms in total. The number of rotatable bonds is 5. The zero-order valence-electron chi connectivity index (χ0n) is 9.70. The van der Waals surface area contributed by atoms with Crippen molar-refractivity contribution >= 4 is 11.8 Å². The van der Waals surface area contributed by atoms with Crippen LogP contribution in [0, 0.1) is 0 Å². The van der Waals surface area contributed by atoms with E-state index in [9.17, 15) is 19.8 Å². The molecular weight excluding hydrogens is 232 g/mol. The van der Waals surface area contributed by atoms with Crippen molar-refractivity contribution in [2.45, 2.75) is 32.2 Å². The molecule has 0 aromatic rings. The maximum absolute atomic E-state index is 11.1. The summed E-state index contributed by atoms with van der Waals surface area (Å²) in [7, 11) is 0. The van der Waals surface area contributed by atoms with Gasteiger partial charge in [0.2, 0.25) is 11.8 Å². The maximum Gasteiger partial charge on any atom is 0.237 e. The molecule has 100 valence electrons. The lowest BCUT2D eigenvalue weighted by Gasteiger charge is -2.27. The lowest BCUT2D eigenvalue weighted by atomic mass is 10.1. The minimum Gasteiger partial charge on any atom is -0.394 e. The summed E-state index contributed by atoms with van der Waals surface area (Å²) in [5.41, 5.74) is 2.15. The van der Waals surface area contributed by atoms with E-state index in [1.165, 1.54) is 6.92 Å². The van der Waals surface area contributed by atoms with Crippen LogP contribution in [0.5, 0.6) is 0 Å². The summed E-state index contributed by atoms with van der Waals surface area (Å²) >= 11 is 0. The van der Waals surface area contributed by atoms with E-state index in [2.05, 4.69) is 5.43 Å². The summed E-state index contributed by atoms with van der Waals surface area (Å²) in [6.07, 6.45) is -4.63. The van der Waals surface area contributed by atoms with E-state index in [-0.39, 0.29) is 0 Å². The van der Waals surface area contributed by atoms with Crippen LogP contribution in [-0.2, 0) is 9.59 Å². The van der Waals surface area contributed by atoms with Gasteiger partial charge in [-0.1, -0.05) is 0 Å². The van der Waals surface area contributed by atoms with Gasteiger partial charge in [0.05, 0.1) is 13.2 Å². The Morgan fingerprint density at radius 3 is 2.06 bits per heavy atom. The van der Waals surface area contributed by atoms with Gasteiger partial charge in [-0.25, -0.2) is 0 Å². The van der Waals surface area contributed by atoms with Crippen molar-refractivity contribution in [3.05, 3.63) is 0 Å². The summed E-state index contributed by atoms with van der Waals surface area (Å²) in [6, 6.07) is 0. The van der Waals surface area contributed by atoms with Crippen molar-refractivity contribution in [1.82, 2.24) is 10.4 Å². The van der Waals surface area contributed by atoms with Crippen LogP contribution >= 0.6 is 0 Å². The number of hydrogen-bond acceptors (Lipinski definition) is 6. The second-order valence-electron chi connectivity index (χ2n) is 3.61. The van der Waals surface area contributed by atoms with Gasteiger partial charge in [0.15, 0.2) is 0 Å². The molecule has 2 amide bonds. The highest BCUT2D eigenvalue weighted by molar-refractivity contribution is 5.79. The van der Waals surface area contributed by atoms with Crippen molar-refractivity contribution in [2.75, 3.05) is 13.2 Å². The van der Waals surface area contributed by atoms with Crippen molar-refractivity contribution in [1.29, 1.82) is 0 Å². The van der Waals surface area contributed by atoms with Crippen molar-refractivity contribution in [2.24, 2.45) is 0 Å². The second-order valence-corrected chi connectivity index (χ2v) is 3.61. The minimum absolute atomic E-state index is 0.396. The van der Waals surface area contributed by atoms with Gasteiger partial charge < -0.3 is 20.4 Å². The van der Waals surface area contributed by atoms with Crippen LogP contribution in [0.3, 0.4) is 0 Å². The smallest absolute Gasteiger partial charge is 0.237 e.